The van der Waals surface area contributed by atoms with Gasteiger partial charge in [0, 0.05) is 12.6 Å². The summed E-state index contributed by atoms with van der Waals surface area (Å²) in [6, 6.07) is 8.26. The van der Waals surface area contributed by atoms with Gasteiger partial charge in [-0.05, 0) is 35.9 Å². The highest BCUT2D eigenvalue weighted by Crippen LogP contribution is 2.33. The number of carbonyl (C=O) groups is 2. The standard InChI is InChI=1S/C16H13N5O5.ClH/c17-16(18)20-10-3-1-8(2-4-10)15(23)26-13-5-9-7-19-14(22)11(9)6-12(13)21(24)25;/h1-6H,7H2,(H,19,22)(H4,17,18,20);1H. The number of benzene rings is 2. The molecule has 1 amide bonds. The van der Waals surface area contributed by atoms with Crippen LogP contribution in [0.1, 0.15) is 26.3 Å². The van der Waals surface area contributed by atoms with Crippen molar-refractivity contribution in [2.75, 3.05) is 0 Å². The smallest absolute Gasteiger partial charge is 0.343 e. The molecule has 2 aromatic carbocycles. The molecule has 140 valence electrons. The molecular formula is C16H14ClN5O5. The van der Waals surface area contributed by atoms with E-state index in [2.05, 4.69) is 10.3 Å². The Labute approximate surface area is 158 Å². The summed E-state index contributed by atoms with van der Waals surface area (Å²) < 4.78 is 5.17. The van der Waals surface area contributed by atoms with Gasteiger partial charge < -0.3 is 21.5 Å². The van der Waals surface area contributed by atoms with Crippen LogP contribution in [0, 0.1) is 10.1 Å². The van der Waals surface area contributed by atoms with Gasteiger partial charge in [0.25, 0.3) is 5.91 Å². The number of guanidine groups is 1. The number of nitrogens with one attached hydrogen (secondary N) is 1. The topological polar surface area (TPSA) is 163 Å². The maximum absolute atomic E-state index is 12.3. The first-order chi connectivity index (χ1) is 12.3. The predicted octanol–water partition coefficient (Wildman–Crippen LogP) is 1.38. The Morgan fingerprint density at radius 2 is 1.89 bits per heavy atom. The molecule has 0 aliphatic carbocycles. The summed E-state index contributed by atoms with van der Waals surface area (Å²) in [5, 5.41) is 13.8. The third-order valence-corrected chi connectivity index (χ3v) is 3.63. The first-order valence-electron chi connectivity index (χ1n) is 7.36. The van der Waals surface area contributed by atoms with Crippen molar-refractivity contribution in [2.45, 2.75) is 6.54 Å². The lowest BCUT2D eigenvalue weighted by molar-refractivity contribution is -0.385. The number of fused-ring (bicyclic) bond motifs is 1. The van der Waals surface area contributed by atoms with Gasteiger partial charge in [-0.2, -0.15) is 0 Å². The summed E-state index contributed by atoms with van der Waals surface area (Å²) in [5.41, 5.74) is 11.4. The van der Waals surface area contributed by atoms with Gasteiger partial charge >= 0.3 is 11.7 Å². The van der Waals surface area contributed by atoms with Gasteiger partial charge in [-0.1, -0.05) is 0 Å². The molecule has 0 radical (unpaired) electrons. The van der Waals surface area contributed by atoms with Crippen molar-refractivity contribution in [3.05, 3.63) is 63.2 Å². The number of carbonyl (C=O) groups excluding carboxylic acids is 2. The fraction of sp³-hybridized carbons (Fsp3) is 0.0625. The molecule has 0 saturated carbocycles. The SMILES string of the molecule is Cl.NC(N)=Nc1ccc(C(=O)Oc2cc3c(cc2[N+](=O)[O-])C(=O)NC3)cc1. The summed E-state index contributed by atoms with van der Waals surface area (Å²) in [5.74, 6) is -1.56. The zero-order valence-corrected chi connectivity index (χ0v) is 14.5. The summed E-state index contributed by atoms with van der Waals surface area (Å²) in [6.07, 6.45) is 0. The lowest BCUT2D eigenvalue weighted by Gasteiger charge is -2.07. The van der Waals surface area contributed by atoms with Gasteiger partial charge in [0.15, 0.2) is 5.96 Å². The summed E-state index contributed by atoms with van der Waals surface area (Å²) in [7, 11) is 0. The minimum atomic E-state index is -0.790. The van der Waals surface area contributed by atoms with E-state index in [-0.39, 0.29) is 41.8 Å². The number of ether oxygens (including phenoxy) is 1. The van der Waals surface area contributed by atoms with Gasteiger partial charge in [0.05, 0.1) is 21.7 Å². The molecule has 1 heterocycles. The molecule has 27 heavy (non-hydrogen) atoms. The summed E-state index contributed by atoms with van der Waals surface area (Å²) in [4.78, 5) is 38.3. The van der Waals surface area contributed by atoms with E-state index < -0.39 is 22.5 Å². The molecule has 0 unspecified atom stereocenters. The van der Waals surface area contributed by atoms with E-state index in [1.54, 1.807) is 0 Å². The highest BCUT2D eigenvalue weighted by atomic mass is 35.5. The number of aliphatic imine (C=N–C) groups is 1. The van der Waals surface area contributed by atoms with Crippen molar-refractivity contribution in [1.82, 2.24) is 5.32 Å². The number of halogens is 1. The average molecular weight is 392 g/mol. The first-order valence-corrected chi connectivity index (χ1v) is 7.36. The second-order valence-corrected chi connectivity index (χ2v) is 5.39. The van der Waals surface area contributed by atoms with Crippen molar-refractivity contribution in [1.29, 1.82) is 0 Å². The quantitative estimate of drug-likeness (QED) is 0.177. The van der Waals surface area contributed by atoms with Gasteiger partial charge in [-0.15, -0.1) is 12.4 Å². The van der Waals surface area contributed by atoms with Gasteiger partial charge in [0.1, 0.15) is 0 Å². The van der Waals surface area contributed by atoms with Crippen molar-refractivity contribution < 1.29 is 19.2 Å². The monoisotopic (exact) mass is 391 g/mol. The summed E-state index contributed by atoms with van der Waals surface area (Å²) in [6.45, 7) is 0.212. The molecule has 3 rings (SSSR count). The number of nitrogens with zero attached hydrogens (tertiary/aromatic N) is 2. The molecule has 11 heteroatoms. The number of hydrogen-bond donors (Lipinski definition) is 3. The van der Waals surface area contributed by atoms with E-state index in [1.807, 2.05) is 0 Å². The molecule has 10 nitrogen and oxygen atoms in total. The number of amides is 1. The van der Waals surface area contributed by atoms with Crippen LogP contribution in [0.5, 0.6) is 5.75 Å². The molecule has 0 spiro atoms. The fourth-order valence-electron chi connectivity index (χ4n) is 2.44. The Morgan fingerprint density at radius 3 is 2.48 bits per heavy atom. The number of nitro groups is 1. The van der Waals surface area contributed by atoms with Crippen molar-refractivity contribution >= 4 is 41.6 Å². The molecule has 0 atom stereocenters. The molecule has 1 aliphatic rings. The lowest BCUT2D eigenvalue weighted by Crippen LogP contribution is -2.21. The maximum Gasteiger partial charge on any atom is 0.343 e. The van der Waals surface area contributed by atoms with Crippen LogP contribution >= 0.6 is 12.4 Å². The minimum absolute atomic E-state index is 0. The van der Waals surface area contributed by atoms with Gasteiger partial charge in [0.2, 0.25) is 5.75 Å². The van der Waals surface area contributed by atoms with Crippen LogP contribution in [0.3, 0.4) is 0 Å². The Morgan fingerprint density at radius 1 is 1.22 bits per heavy atom. The number of nitrogens with two attached hydrogens (primary N) is 2. The highest BCUT2D eigenvalue weighted by molar-refractivity contribution is 6.00. The van der Waals surface area contributed by atoms with E-state index in [4.69, 9.17) is 16.2 Å². The normalized spacial score (nSPS) is 11.6. The molecule has 2 aromatic rings. The molecule has 5 N–H and O–H groups in total. The van der Waals surface area contributed by atoms with Crippen molar-refractivity contribution in [3.63, 3.8) is 0 Å². The second-order valence-electron chi connectivity index (χ2n) is 5.39. The zero-order valence-electron chi connectivity index (χ0n) is 13.7. The Bertz CT molecular complexity index is 954. The number of hydrogen-bond acceptors (Lipinski definition) is 6. The second kappa shape index (κ2) is 7.70. The van der Waals surface area contributed by atoms with Crippen LogP contribution in [-0.2, 0) is 6.54 Å². The fourth-order valence-corrected chi connectivity index (χ4v) is 2.44. The van der Waals surface area contributed by atoms with Crippen LogP contribution in [0.15, 0.2) is 41.4 Å². The largest absolute Gasteiger partial charge is 0.416 e. The molecular weight excluding hydrogens is 378 g/mol. The molecule has 0 bridgehead atoms. The lowest BCUT2D eigenvalue weighted by atomic mass is 10.1. The number of rotatable bonds is 4. The maximum atomic E-state index is 12.3. The van der Waals surface area contributed by atoms with Crippen LogP contribution in [0.25, 0.3) is 0 Å². The molecule has 0 aromatic heterocycles. The number of esters is 1. The van der Waals surface area contributed by atoms with Crippen molar-refractivity contribution in [3.8, 4) is 5.75 Å². The molecule has 0 fully saturated rings. The minimum Gasteiger partial charge on any atom is -0.416 e. The van der Waals surface area contributed by atoms with E-state index in [9.17, 15) is 19.7 Å². The summed E-state index contributed by atoms with van der Waals surface area (Å²) >= 11 is 0. The van der Waals surface area contributed by atoms with E-state index in [0.717, 1.165) is 6.07 Å². The Kier molecular flexibility index (Phi) is 5.61. The Balaban J connectivity index is 0.00000261. The predicted molar refractivity (Wildman–Crippen MR) is 98.4 cm³/mol. The zero-order chi connectivity index (χ0) is 18.8. The van der Waals surface area contributed by atoms with Crippen LogP contribution in [-0.4, -0.2) is 22.8 Å². The van der Waals surface area contributed by atoms with E-state index in [0.29, 0.717) is 11.3 Å². The van der Waals surface area contributed by atoms with E-state index >= 15 is 0 Å². The molecule has 0 saturated heterocycles. The first kappa shape index (κ1) is 19.7. The van der Waals surface area contributed by atoms with Gasteiger partial charge in [-0.25, -0.2) is 9.79 Å². The van der Waals surface area contributed by atoms with E-state index in [1.165, 1.54) is 30.3 Å². The highest BCUT2D eigenvalue weighted by Gasteiger charge is 2.28. The Hall–Kier alpha value is -3.66. The van der Waals surface area contributed by atoms with Crippen LogP contribution in [0.4, 0.5) is 11.4 Å². The number of nitro benzene ring substituents is 1. The third kappa shape index (κ3) is 4.12. The van der Waals surface area contributed by atoms with Crippen molar-refractivity contribution in [2.24, 2.45) is 16.5 Å². The van der Waals surface area contributed by atoms with Gasteiger partial charge in [-0.3, -0.25) is 14.9 Å². The van der Waals surface area contributed by atoms with Crippen LogP contribution in [0.2, 0.25) is 0 Å². The van der Waals surface area contributed by atoms with Crippen LogP contribution < -0.4 is 21.5 Å². The average Bonchev–Trinajstić information content (AvgIpc) is 2.94. The third-order valence-electron chi connectivity index (χ3n) is 3.63. The molecule has 1 aliphatic heterocycles.